The highest BCUT2D eigenvalue weighted by atomic mass is 32.2. The number of benzene rings is 1. The molecule has 1 aliphatic heterocycles. The summed E-state index contributed by atoms with van der Waals surface area (Å²) >= 11 is 0. The van der Waals surface area contributed by atoms with Crippen LogP contribution < -0.4 is 5.32 Å². The maximum absolute atomic E-state index is 13.0. The minimum absolute atomic E-state index is 0.202. The average molecular weight is 405 g/mol. The Morgan fingerprint density at radius 2 is 1.64 bits per heavy atom. The molecular weight excluding hydrogens is 376 g/mol. The van der Waals surface area contributed by atoms with Gasteiger partial charge in [-0.25, -0.2) is 8.42 Å². The van der Waals surface area contributed by atoms with Gasteiger partial charge in [0.2, 0.25) is 10.0 Å². The van der Waals surface area contributed by atoms with Crippen molar-refractivity contribution in [2.45, 2.75) is 68.7 Å². The molecule has 28 heavy (non-hydrogen) atoms. The van der Waals surface area contributed by atoms with Gasteiger partial charge < -0.3 is 9.73 Å². The smallest absolute Gasteiger partial charge is 0.287 e. The molecular formula is C21H28N2O4S. The SMILES string of the molecule is O=C(NC1CCCCC1)c1cc2cc(S(=O)(=O)N3CCCCCC3)ccc2o1. The molecule has 1 saturated carbocycles. The first-order chi connectivity index (χ1) is 13.5. The summed E-state index contributed by atoms with van der Waals surface area (Å²) in [4.78, 5) is 12.8. The third-order valence-corrected chi connectivity index (χ3v) is 7.75. The van der Waals surface area contributed by atoms with Crippen LogP contribution in [0.5, 0.6) is 0 Å². The predicted molar refractivity (Wildman–Crippen MR) is 108 cm³/mol. The standard InChI is InChI=1S/C21H28N2O4S/c24-21(22-17-8-4-3-5-9-17)20-15-16-14-18(10-11-19(16)27-20)28(25,26)23-12-6-1-2-7-13-23/h10-11,14-15,17H,1-9,12-13H2,(H,22,24). The molecule has 1 aromatic heterocycles. The van der Waals surface area contributed by atoms with E-state index in [1.54, 1.807) is 28.6 Å². The predicted octanol–water partition coefficient (Wildman–Crippen LogP) is 4.06. The fraction of sp³-hybridized carbons (Fsp3) is 0.571. The lowest BCUT2D eigenvalue weighted by Gasteiger charge is -2.22. The number of fused-ring (bicyclic) bond motifs is 1. The lowest BCUT2D eigenvalue weighted by molar-refractivity contribution is 0.0901. The molecule has 2 aromatic rings. The van der Waals surface area contributed by atoms with Gasteiger partial charge in [0.1, 0.15) is 5.58 Å². The van der Waals surface area contributed by atoms with Gasteiger partial charge >= 0.3 is 0 Å². The number of hydrogen-bond acceptors (Lipinski definition) is 4. The molecule has 0 spiro atoms. The van der Waals surface area contributed by atoms with Crippen LogP contribution in [-0.2, 0) is 10.0 Å². The Morgan fingerprint density at radius 1 is 0.964 bits per heavy atom. The number of furan rings is 1. The van der Waals surface area contributed by atoms with Crippen molar-refractivity contribution in [2.75, 3.05) is 13.1 Å². The molecule has 152 valence electrons. The van der Waals surface area contributed by atoms with E-state index in [4.69, 9.17) is 4.42 Å². The molecule has 1 aromatic carbocycles. The van der Waals surface area contributed by atoms with Gasteiger partial charge in [-0.1, -0.05) is 32.1 Å². The van der Waals surface area contributed by atoms with Crippen LogP contribution in [0.25, 0.3) is 11.0 Å². The fourth-order valence-electron chi connectivity index (χ4n) is 4.23. The summed E-state index contributed by atoms with van der Waals surface area (Å²) in [5.74, 6) is 0.0184. The topological polar surface area (TPSA) is 79.6 Å². The molecule has 1 saturated heterocycles. The Hall–Kier alpha value is -1.86. The summed E-state index contributed by atoms with van der Waals surface area (Å²) < 4.78 is 33.3. The van der Waals surface area contributed by atoms with E-state index < -0.39 is 10.0 Å². The Balaban J connectivity index is 1.55. The molecule has 7 heteroatoms. The first kappa shape index (κ1) is 19.5. The molecule has 2 fully saturated rings. The minimum Gasteiger partial charge on any atom is -0.451 e. The molecule has 0 radical (unpaired) electrons. The number of carbonyl (C=O) groups excluding carboxylic acids is 1. The molecule has 2 aliphatic rings. The zero-order chi connectivity index (χ0) is 19.6. The summed E-state index contributed by atoms with van der Waals surface area (Å²) in [6.45, 7) is 1.14. The van der Waals surface area contributed by atoms with E-state index in [1.807, 2.05) is 0 Å². The second kappa shape index (κ2) is 8.25. The molecule has 1 N–H and O–H groups in total. The van der Waals surface area contributed by atoms with E-state index in [0.717, 1.165) is 51.4 Å². The summed E-state index contributed by atoms with van der Waals surface area (Å²) in [5.41, 5.74) is 0.531. The summed E-state index contributed by atoms with van der Waals surface area (Å²) in [6, 6.07) is 6.70. The van der Waals surface area contributed by atoms with Crippen LogP contribution in [0, 0.1) is 0 Å². The molecule has 0 bridgehead atoms. The molecule has 6 nitrogen and oxygen atoms in total. The van der Waals surface area contributed by atoms with Gasteiger partial charge in [0.15, 0.2) is 5.76 Å². The lowest BCUT2D eigenvalue weighted by Crippen LogP contribution is -2.35. The van der Waals surface area contributed by atoms with Crippen LogP contribution in [0.3, 0.4) is 0 Å². The second-order valence-electron chi connectivity index (χ2n) is 7.94. The van der Waals surface area contributed by atoms with Gasteiger partial charge in [-0.15, -0.1) is 0 Å². The zero-order valence-electron chi connectivity index (χ0n) is 16.2. The van der Waals surface area contributed by atoms with Gasteiger partial charge in [0.05, 0.1) is 4.90 Å². The van der Waals surface area contributed by atoms with Crippen molar-refractivity contribution >= 4 is 26.9 Å². The van der Waals surface area contributed by atoms with Crippen molar-refractivity contribution < 1.29 is 17.6 Å². The Bertz CT molecular complexity index is 936. The number of carbonyl (C=O) groups is 1. The quantitative estimate of drug-likeness (QED) is 0.833. The number of rotatable bonds is 4. The summed E-state index contributed by atoms with van der Waals surface area (Å²) in [6.07, 6.45) is 9.47. The highest BCUT2D eigenvalue weighted by Gasteiger charge is 2.26. The molecule has 1 amide bonds. The van der Waals surface area contributed by atoms with Gasteiger partial charge in [0, 0.05) is 24.5 Å². The van der Waals surface area contributed by atoms with E-state index in [1.165, 1.54) is 6.42 Å². The maximum atomic E-state index is 13.0. The monoisotopic (exact) mass is 404 g/mol. The van der Waals surface area contributed by atoms with Crippen molar-refractivity contribution in [2.24, 2.45) is 0 Å². The van der Waals surface area contributed by atoms with E-state index in [9.17, 15) is 13.2 Å². The summed E-state index contributed by atoms with van der Waals surface area (Å²) in [7, 11) is -3.52. The third-order valence-electron chi connectivity index (χ3n) is 5.85. The third kappa shape index (κ3) is 4.10. The Labute approximate surface area is 166 Å². The maximum Gasteiger partial charge on any atom is 0.287 e. The number of hydrogen-bond donors (Lipinski definition) is 1. The van der Waals surface area contributed by atoms with Crippen molar-refractivity contribution in [1.29, 1.82) is 0 Å². The first-order valence-electron chi connectivity index (χ1n) is 10.4. The van der Waals surface area contributed by atoms with Crippen LogP contribution >= 0.6 is 0 Å². The second-order valence-corrected chi connectivity index (χ2v) is 9.87. The Morgan fingerprint density at radius 3 is 2.36 bits per heavy atom. The molecule has 0 unspecified atom stereocenters. The van der Waals surface area contributed by atoms with Gasteiger partial charge in [-0.05, 0) is 49.9 Å². The number of nitrogens with zero attached hydrogens (tertiary/aromatic N) is 1. The van der Waals surface area contributed by atoms with Crippen molar-refractivity contribution in [1.82, 2.24) is 9.62 Å². The van der Waals surface area contributed by atoms with Crippen LogP contribution in [0.2, 0.25) is 0 Å². The average Bonchev–Trinajstić information content (AvgIpc) is 2.93. The number of amides is 1. The number of nitrogens with one attached hydrogen (secondary N) is 1. The lowest BCUT2D eigenvalue weighted by atomic mass is 9.95. The van der Waals surface area contributed by atoms with Crippen molar-refractivity contribution in [3.05, 3.63) is 30.0 Å². The molecule has 4 rings (SSSR count). The van der Waals surface area contributed by atoms with Crippen LogP contribution in [-0.4, -0.2) is 37.8 Å². The van der Waals surface area contributed by atoms with Crippen LogP contribution in [0.4, 0.5) is 0 Å². The van der Waals surface area contributed by atoms with Gasteiger partial charge in [0.25, 0.3) is 5.91 Å². The first-order valence-corrected chi connectivity index (χ1v) is 11.8. The Kier molecular flexibility index (Phi) is 5.73. The normalized spacial score (nSPS) is 20.1. The van der Waals surface area contributed by atoms with Crippen LogP contribution in [0.15, 0.2) is 33.6 Å². The highest BCUT2D eigenvalue weighted by molar-refractivity contribution is 7.89. The summed E-state index contributed by atoms with van der Waals surface area (Å²) in [5, 5.41) is 3.68. The fourth-order valence-corrected chi connectivity index (χ4v) is 5.78. The minimum atomic E-state index is -3.52. The van der Waals surface area contributed by atoms with E-state index in [0.29, 0.717) is 24.1 Å². The van der Waals surface area contributed by atoms with Crippen LogP contribution in [0.1, 0.15) is 68.3 Å². The number of sulfonamides is 1. The van der Waals surface area contributed by atoms with Gasteiger partial charge in [-0.3, -0.25) is 4.79 Å². The van der Waals surface area contributed by atoms with E-state index in [-0.39, 0.29) is 22.6 Å². The van der Waals surface area contributed by atoms with Crippen molar-refractivity contribution in [3.63, 3.8) is 0 Å². The molecule has 0 atom stereocenters. The highest BCUT2D eigenvalue weighted by Crippen LogP contribution is 2.27. The van der Waals surface area contributed by atoms with Crippen molar-refractivity contribution in [3.8, 4) is 0 Å². The molecule has 1 aliphatic carbocycles. The van der Waals surface area contributed by atoms with E-state index in [2.05, 4.69) is 5.32 Å². The zero-order valence-corrected chi connectivity index (χ0v) is 17.0. The molecule has 2 heterocycles. The van der Waals surface area contributed by atoms with E-state index >= 15 is 0 Å². The largest absolute Gasteiger partial charge is 0.451 e. The van der Waals surface area contributed by atoms with Gasteiger partial charge in [-0.2, -0.15) is 4.31 Å².